The van der Waals surface area contributed by atoms with Gasteiger partial charge in [0.05, 0.1) is 0 Å². The van der Waals surface area contributed by atoms with E-state index in [9.17, 15) is 0 Å². The van der Waals surface area contributed by atoms with Crippen LogP contribution >= 0.6 is 11.6 Å². The molecule has 0 aliphatic rings. The smallest absolute Gasteiger partial charge is 0.263 e. The zero-order chi connectivity index (χ0) is 15.2. The molecule has 0 fully saturated rings. The molecular formula is C15H14ClN5O. The summed E-state index contributed by atoms with van der Waals surface area (Å²) >= 11 is 6.12. The van der Waals surface area contributed by atoms with Crippen molar-refractivity contribution in [1.29, 1.82) is 0 Å². The van der Waals surface area contributed by atoms with Crippen molar-refractivity contribution in [3.05, 3.63) is 64.7 Å². The highest BCUT2D eigenvalue weighted by Gasteiger charge is 2.02. The van der Waals surface area contributed by atoms with Crippen LogP contribution in [0.5, 0.6) is 5.75 Å². The molecule has 0 spiro atoms. The van der Waals surface area contributed by atoms with Crippen LogP contribution in [0, 0.1) is 0 Å². The number of anilines is 1. The molecule has 22 heavy (non-hydrogen) atoms. The molecule has 0 saturated heterocycles. The van der Waals surface area contributed by atoms with Crippen LogP contribution in [0.4, 0.5) is 5.95 Å². The molecule has 0 atom stereocenters. The fourth-order valence-corrected chi connectivity index (χ4v) is 2.13. The van der Waals surface area contributed by atoms with E-state index in [4.69, 9.17) is 16.3 Å². The fraction of sp³-hybridized carbons (Fsp3) is 0.133. The summed E-state index contributed by atoms with van der Waals surface area (Å²) in [5.41, 5.74) is 2.01. The number of ether oxygens (including phenoxy) is 1. The lowest BCUT2D eigenvalue weighted by Gasteiger charge is -2.09. The molecule has 2 aromatic carbocycles. The van der Waals surface area contributed by atoms with Gasteiger partial charge in [0.15, 0.2) is 0 Å². The highest BCUT2D eigenvalue weighted by molar-refractivity contribution is 6.31. The van der Waals surface area contributed by atoms with Gasteiger partial charge in [-0.05, 0) is 29.0 Å². The third-order valence-electron chi connectivity index (χ3n) is 3.05. The van der Waals surface area contributed by atoms with E-state index >= 15 is 0 Å². The molecule has 0 bridgehead atoms. The van der Waals surface area contributed by atoms with Crippen LogP contribution in [0.15, 0.2) is 48.5 Å². The van der Waals surface area contributed by atoms with Crippen LogP contribution < -0.4 is 10.1 Å². The molecule has 3 rings (SSSR count). The van der Waals surface area contributed by atoms with Crippen LogP contribution in [0.3, 0.4) is 0 Å². The molecule has 6 nitrogen and oxygen atoms in total. The molecule has 1 aromatic heterocycles. The Morgan fingerprint density at radius 3 is 2.86 bits per heavy atom. The van der Waals surface area contributed by atoms with E-state index in [0.29, 0.717) is 24.1 Å². The van der Waals surface area contributed by atoms with Gasteiger partial charge in [0.2, 0.25) is 0 Å². The number of hydrogen-bond acceptors (Lipinski definition) is 5. The number of nitrogens with zero attached hydrogens (tertiary/aromatic N) is 3. The summed E-state index contributed by atoms with van der Waals surface area (Å²) in [6, 6.07) is 15.4. The van der Waals surface area contributed by atoms with E-state index in [-0.39, 0.29) is 0 Å². The Morgan fingerprint density at radius 1 is 1.14 bits per heavy atom. The summed E-state index contributed by atoms with van der Waals surface area (Å²) in [5.74, 6) is 1.25. The van der Waals surface area contributed by atoms with Gasteiger partial charge >= 0.3 is 0 Å². The van der Waals surface area contributed by atoms with Crippen molar-refractivity contribution in [2.75, 3.05) is 5.32 Å². The van der Waals surface area contributed by atoms with E-state index in [1.807, 2.05) is 48.5 Å². The summed E-state index contributed by atoms with van der Waals surface area (Å²) < 4.78 is 5.79. The van der Waals surface area contributed by atoms with Crippen LogP contribution in [-0.2, 0) is 13.2 Å². The van der Waals surface area contributed by atoms with Crippen LogP contribution in [0.1, 0.15) is 11.1 Å². The van der Waals surface area contributed by atoms with Gasteiger partial charge in [0.25, 0.3) is 5.95 Å². The van der Waals surface area contributed by atoms with Gasteiger partial charge in [-0.15, -0.1) is 5.10 Å². The van der Waals surface area contributed by atoms with Gasteiger partial charge in [0.1, 0.15) is 12.4 Å². The summed E-state index contributed by atoms with van der Waals surface area (Å²) in [4.78, 5) is 0. The maximum atomic E-state index is 6.12. The van der Waals surface area contributed by atoms with E-state index in [2.05, 4.69) is 25.9 Å². The third-order valence-corrected chi connectivity index (χ3v) is 3.42. The quantitative estimate of drug-likeness (QED) is 0.731. The van der Waals surface area contributed by atoms with E-state index in [1.165, 1.54) is 0 Å². The number of benzene rings is 2. The second-order valence-electron chi connectivity index (χ2n) is 4.62. The maximum absolute atomic E-state index is 6.12. The highest BCUT2D eigenvalue weighted by Crippen LogP contribution is 2.19. The summed E-state index contributed by atoms with van der Waals surface area (Å²) in [6.45, 7) is 1.02. The number of tetrazole rings is 1. The van der Waals surface area contributed by atoms with Crippen molar-refractivity contribution in [1.82, 2.24) is 20.6 Å². The number of aromatic amines is 1. The first-order valence-electron chi connectivity index (χ1n) is 6.74. The number of halogens is 1. The molecule has 1 heterocycles. The van der Waals surface area contributed by atoms with E-state index < -0.39 is 0 Å². The molecule has 0 amide bonds. The first-order chi connectivity index (χ1) is 10.8. The van der Waals surface area contributed by atoms with Gasteiger partial charge < -0.3 is 10.1 Å². The molecular weight excluding hydrogens is 302 g/mol. The van der Waals surface area contributed by atoms with Gasteiger partial charge in [-0.3, -0.25) is 0 Å². The standard InChI is InChI=1S/C15H14ClN5O/c16-14-7-2-1-5-12(14)10-22-13-6-3-4-11(8-13)9-17-15-18-20-21-19-15/h1-8H,9-10H2,(H2,17,18,19,20,21). The van der Waals surface area contributed by atoms with Crippen molar-refractivity contribution < 1.29 is 4.74 Å². The van der Waals surface area contributed by atoms with E-state index in [1.54, 1.807) is 0 Å². The molecule has 0 aliphatic heterocycles. The number of H-pyrrole nitrogens is 1. The van der Waals surface area contributed by atoms with E-state index in [0.717, 1.165) is 16.9 Å². The van der Waals surface area contributed by atoms with Crippen molar-refractivity contribution in [2.45, 2.75) is 13.2 Å². The lowest BCUT2D eigenvalue weighted by atomic mass is 10.2. The monoisotopic (exact) mass is 315 g/mol. The van der Waals surface area contributed by atoms with Crippen molar-refractivity contribution in [3.63, 3.8) is 0 Å². The molecule has 0 radical (unpaired) electrons. The fourth-order valence-electron chi connectivity index (χ4n) is 1.94. The number of aromatic nitrogens is 4. The largest absolute Gasteiger partial charge is 0.489 e. The SMILES string of the molecule is Clc1ccccc1COc1cccc(CNc2nn[nH]n2)c1. The predicted molar refractivity (Wildman–Crippen MR) is 83.7 cm³/mol. The molecule has 7 heteroatoms. The Morgan fingerprint density at radius 2 is 2.05 bits per heavy atom. The summed E-state index contributed by atoms with van der Waals surface area (Å²) in [6.07, 6.45) is 0. The number of hydrogen-bond donors (Lipinski definition) is 2. The van der Waals surface area contributed by atoms with Gasteiger partial charge in [-0.25, -0.2) is 0 Å². The van der Waals surface area contributed by atoms with Crippen LogP contribution in [0.2, 0.25) is 5.02 Å². The Balaban J connectivity index is 1.60. The Bertz CT molecular complexity index is 732. The number of nitrogens with one attached hydrogen (secondary N) is 2. The van der Waals surface area contributed by atoms with Crippen molar-refractivity contribution in [3.8, 4) is 5.75 Å². The molecule has 0 saturated carbocycles. The second kappa shape index (κ2) is 6.91. The normalized spacial score (nSPS) is 10.4. The molecule has 0 aliphatic carbocycles. The minimum Gasteiger partial charge on any atom is -0.489 e. The topological polar surface area (TPSA) is 75.7 Å². The third kappa shape index (κ3) is 3.73. The van der Waals surface area contributed by atoms with Gasteiger partial charge in [-0.1, -0.05) is 47.0 Å². The Kier molecular flexibility index (Phi) is 4.50. The van der Waals surface area contributed by atoms with Crippen molar-refractivity contribution in [2.24, 2.45) is 0 Å². The zero-order valence-corrected chi connectivity index (χ0v) is 12.4. The average Bonchev–Trinajstić information content (AvgIpc) is 3.06. The Labute approximate surface area is 132 Å². The first-order valence-corrected chi connectivity index (χ1v) is 7.11. The van der Waals surface area contributed by atoms with Gasteiger partial charge in [-0.2, -0.15) is 5.21 Å². The lowest BCUT2D eigenvalue weighted by molar-refractivity contribution is 0.306. The Hall–Kier alpha value is -2.60. The van der Waals surface area contributed by atoms with Crippen LogP contribution in [0.25, 0.3) is 0 Å². The van der Waals surface area contributed by atoms with Crippen molar-refractivity contribution >= 4 is 17.5 Å². The molecule has 112 valence electrons. The minimum atomic E-state index is 0.432. The maximum Gasteiger partial charge on any atom is 0.263 e. The summed E-state index contributed by atoms with van der Waals surface area (Å²) in [5, 5.41) is 17.3. The number of rotatable bonds is 6. The molecule has 3 aromatic rings. The first kappa shape index (κ1) is 14.3. The predicted octanol–water partition coefficient (Wildman–Crippen LogP) is 3.04. The molecule has 2 N–H and O–H groups in total. The average molecular weight is 316 g/mol. The highest BCUT2D eigenvalue weighted by atomic mass is 35.5. The van der Waals surface area contributed by atoms with Crippen LogP contribution in [-0.4, -0.2) is 20.6 Å². The zero-order valence-electron chi connectivity index (χ0n) is 11.7. The lowest BCUT2D eigenvalue weighted by Crippen LogP contribution is -2.02. The summed E-state index contributed by atoms with van der Waals surface area (Å²) in [7, 11) is 0. The van der Waals surface area contributed by atoms with Gasteiger partial charge in [0, 0.05) is 17.1 Å². The molecule has 0 unspecified atom stereocenters. The minimum absolute atomic E-state index is 0.432. The second-order valence-corrected chi connectivity index (χ2v) is 5.02.